The number of alkyl halides is 3. The molecule has 1 amide bonds. The topological polar surface area (TPSA) is 81.8 Å². The van der Waals surface area contributed by atoms with E-state index in [0.717, 1.165) is 22.9 Å². The first-order valence-electron chi connectivity index (χ1n) is 10.9. The van der Waals surface area contributed by atoms with E-state index in [1.165, 1.54) is 22.5 Å². The predicted octanol–water partition coefficient (Wildman–Crippen LogP) is 5.03. The quantitative estimate of drug-likeness (QED) is 0.303. The number of hydrogen-bond donors (Lipinski definition) is 1. The first-order chi connectivity index (χ1) is 17.0. The Bertz CT molecular complexity index is 1580. The van der Waals surface area contributed by atoms with Crippen LogP contribution in [-0.2, 0) is 11.0 Å². The lowest BCUT2D eigenvalue weighted by Crippen LogP contribution is -2.27. The molecular formula is C24H19F4N5O2S. The Morgan fingerprint density at radius 1 is 1.19 bits per heavy atom. The number of halogens is 4. The van der Waals surface area contributed by atoms with Gasteiger partial charge in [0.05, 0.1) is 23.5 Å². The Balaban J connectivity index is 1.42. The number of fused-ring (bicyclic) bond motifs is 2. The highest BCUT2D eigenvalue weighted by Gasteiger charge is 2.35. The Morgan fingerprint density at radius 2 is 1.97 bits per heavy atom. The minimum absolute atomic E-state index is 0.170. The molecule has 36 heavy (non-hydrogen) atoms. The second-order valence-corrected chi connectivity index (χ2v) is 9.55. The molecule has 0 spiro atoms. The van der Waals surface area contributed by atoms with Crippen molar-refractivity contribution in [1.29, 1.82) is 0 Å². The van der Waals surface area contributed by atoms with Crippen molar-refractivity contribution < 1.29 is 22.4 Å². The highest BCUT2D eigenvalue weighted by molar-refractivity contribution is 7.99. The highest BCUT2D eigenvalue weighted by atomic mass is 32.2. The van der Waals surface area contributed by atoms with Gasteiger partial charge in [0.1, 0.15) is 11.2 Å². The van der Waals surface area contributed by atoms with Crippen molar-refractivity contribution >= 4 is 34.4 Å². The van der Waals surface area contributed by atoms with E-state index in [2.05, 4.69) is 15.4 Å². The number of amides is 1. The van der Waals surface area contributed by atoms with E-state index >= 15 is 0 Å². The van der Waals surface area contributed by atoms with Gasteiger partial charge < -0.3 is 5.32 Å². The van der Waals surface area contributed by atoms with Gasteiger partial charge in [0.15, 0.2) is 10.8 Å². The molecule has 4 aromatic rings. The molecule has 1 aliphatic heterocycles. The van der Waals surface area contributed by atoms with E-state index in [0.29, 0.717) is 34.1 Å². The van der Waals surface area contributed by atoms with E-state index in [4.69, 9.17) is 0 Å². The first-order valence-corrected chi connectivity index (χ1v) is 11.9. The van der Waals surface area contributed by atoms with Gasteiger partial charge in [-0.05, 0) is 43.7 Å². The fourth-order valence-electron chi connectivity index (χ4n) is 4.25. The van der Waals surface area contributed by atoms with Crippen molar-refractivity contribution in [2.24, 2.45) is 0 Å². The molecule has 1 aliphatic rings. The van der Waals surface area contributed by atoms with Crippen LogP contribution in [0, 0.1) is 19.7 Å². The van der Waals surface area contributed by atoms with Crippen LogP contribution in [0.2, 0.25) is 0 Å². The molecule has 186 valence electrons. The number of carbonyl (C=O) groups excluding carboxylic acids is 1. The van der Waals surface area contributed by atoms with Crippen LogP contribution in [0.4, 0.5) is 23.2 Å². The van der Waals surface area contributed by atoms with Gasteiger partial charge in [-0.3, -0.25) is 14.2 Å². The highest BCUT2D eigenvalue weighted by Crippen LogP contribution is 2.35. The number of nitrogens with zero attached hydrogens (tertiary/aromatic N) is 4. The molecule has 0 radical (unpaired) electrons. The molecule has 2 aromatic heterocycles. The smallest absolute Gasteiger partial charge is 0.326 e. The van der Waals surface area contributed by atoms with Crippen molar-refractivity contribution in [1.82, 2.24) is 19.3 Å². The fourth-order valence-corrected chi connectivity index (χ4v) is 5.38. The molecule has 0 fully saturated rings. The third-order valence-corrected chi connectivity index (χ3v) is 7.03. The molecule has 1 unspecified atom stereocenters. The third kappa shape index (κ3) is 4.25. The Hall–Kier alpha value is -3.67. The van der Waals surface area contributed by atoms with Crippen molar-refractivity contribution in [2.75, 3.05) is 11.1 Å². The van der Waals surface area contributed by atoms with Crippen LogP contribution in [0.3, 0.4) is 0 Å². The van der Waals surface area contributed by atoms with Crippen LogP contribution in [0.15, 0.2) is 52.5 Å². The van der Waals surface area contributed by atoms with Crippen LogP contribution < -0.4 is 10.9 Å². The Labute approximate surface area is 206 Å². The van der Waals surface area contributed by atoms with Crippen LogP contribution in [0.25, 0.3) is 16.7 Å². The number of benzene rings is 2. The van der Waals surface area contributed by atoms with Crippen molar-refractivity contribution in [2.45, 2.75) is 37.6 Å². The summed E-state index contributed by atoms with van der Waals surface area (Å²) in [6, 6.07) is 7.55. The van der Waals surface area contributed by atoms with Gasteiger partial charge in [0.2, 0.25) is 5.91 Å². The van der Waals surface area contributed by atoms with Crippen LogP contribution in [0.1, 0.15) is 29.2 Å². The normalized spacial score (nSPS) is 15.3. The van der Waals surface area contributed by atoms with Gasteiger partial charge in [-0.25, -0.2) is 14.1 Å². The number of nitrogens with one attached hydrogen (secondary N) is 1. The van der Waals surface area contributed by atoms with Gasteiger partial charge in [0.25, 0.3) is 5.56 Å². The molecule has 0 aliphatic carbocycles. The molecule has 1 atom stereocenters. The van der Waals surface area contributed by atoms with Crippen LogP contribution in [-0.4, -0.2) is 31.0 Å². The molecule has 1 N–H and O–H groups in total. The molecule has 0 saturated carbocycles. The zero-order chi connectivity index (χ0) is 25.8. The van der Waals surface area contributed by atoms with Gasteiger partial charge in [-0.15, -0.1) is 0 Å². The lowest BCUT2D eigenvalue weighted by Gasteiger charge is -2.15. The minimum Gasteiger partial charge on any atom is -0.326 e. The SMILES string of the molecule is Cc1ccc(-n2ncc3c(=O)n4c(nc32)SCC4CC(=O)Nc2ccc(F)c(C(F)(F)F)c2)c(C)c1. The Kier molecular flexibility index (Phi) is 5.86. The van der Waals surface area contributed by atoms with Gasteiger partial charge in [-0.2, -0.15) is 18.3 Å². The summed E-state index contributed by atoms with van der Waals surface area (Å²) in [4.78, 5) is 30.5. The number of aromatic nitrogens is 4. The molecule has 12 heteroatoms. The summed E-state index contributed by atoms with van der Waals surface area (Å²) in [7, 11) is 0. The zero-order valence-corrected chi connectivity index (χ0v) is 19.9. The van der Waals surface area contributed by atoms with Gasteiger partial charge in [-0.1, -0.05) is 29.5 Å². The summed E-state index contributed by atoms with van der Waals surface area (Å²) in [5.74, 6) is -1.65. The van der Waals surface area contributed by atoms with Gasteiger partial charge in [0, 0.05) is 17.9 Å². The second-order valence-electron chi connectivity index (χ2n) is 8.56. The zero-order valence-electron chi connectivity index (χ0n) is 19.1. The van der Waals surface area contributed by atoms with E-state index < -0.39 is 29.5 Å². The van der Waals surface area contributed by atoms with Gasteiger partial charge >= 0.3 is 6.18 Å². The second kappa shape index (κ2) is 8.77. The fraction of sp³-hybridized carbons (Fsp3) is 0.250. The summed E-state index contributed by atoms with van der Waals surface area (Å²) >= 11 is 1.31. The molecule has 2 aromatic carbocycles. The molecular weight excluding hydrogens is 498 g/mol. The predicted molar refractivity (Wildman–Crippen MR) is 127 cm³/mol. The number of thioether (sulfide) groups is 1. The van der Waals surface area contributed by atoms with Crippen LogP contribution >= 0.6 is 11.8 Å². The summed E-state index contributed by atoms with van der Waals surface area (Å²) in [5.41, 5.74) is 1.26. The average Bonchev–Trinajstić information content (AvgIpc) is 3.39. The maximum Gasteiger partial charge on any atom is 0.419 e. The molecule has 3 heterocycles. The number of aryl methyl sites for hydroxylation is 2. The van der Waals surface area contributed by atoms with Crippen molar-refractivity contribution in [3.8, 4) is 5.69 Å². The van der Waals surface area contributed by atoms with E-state index in [-0.39, 0.29) is 17.7 Å². The number of anilines is 1. The first kappa shape index (κ1) is 24.0. The minimum atomic E-state index is -4.89. The molecule has 0 bridgehead atoms. The molecule has 0 saturated heterocycles. The average molecular weight is 518 g/mol. The van der Waals surface area contributed by atoms with Crippen molar-refractivity contribution in [3.63, 3.8) is 0 Å². The standard InChI is InChI=1S/C24H19F4N5O2S/c1-12-3-6-19(13(2)7-12)33-21-16(10-29-33)22(35)32-15(11-36-23(32)31-21)9-20(34)30-14-4-5-18(25)17(8-14)24(26,27)28/h3-8,10,15H,9,11H2,1-2H3,(H,30,34). The lowest BCUT2D eigenvalue weighted by atomic mass is 10.1. The largest absolute Gasteiger partial charge is 0.419 e. The summed E-state index contributed by atoms with van der Waals surface area (Å²) < 4.78 is 55.5. The summed E-state index contributed by atoms with van der Waals surface area (Å²) in [6.07, 6.45) is -3.62. The van der Waals surface area contributed by atoms with E-state index in [9.17, 15) is 27.2 Å². The molecule has 7 nitrogen and oxygen atoms in total. The maximum absolute atomic E-state index is 13.5. The number of rotatable bonds is 4. The summed E-state index contributed by atoms with van der Waals surface area (Å²) in [5, 5.41) is 7.45. The van der Waals surface area contributed by atoms with Crippen molar-refractivity contribution in [3.05, 3.63) is 75.5 Å². The number of carbonyl (C=O) groups is 1. The molecule has 5 rings (SSSR count). The third-order valence-electron chi connectivity index (χ3n) is 5.93. The monoisotopic (exact) mass is 517 g/mol. The van der Waals surface area contributed by atoms with E-state index in [1.54, 1.807) is 4.68 Å². The Morgan fingerprint density at radius 3 is 2.69 bits per heavy atom. The van der Waals surface area contributed by atoms with E-state index in [1.807, 2.05) is 32.0 Å². The van der Waals surface area contributed by atoms with Crippen LogP contribution in [0.5, 0.6) is 0 Å². The lowest BCUT2D eigenvalue weighted by molar-refractivity contribution is -0.140. The maximum atomic E-state index is 13.5. The summed E-state index contributed by atoms with van der Waals surface area (Å²) in [6.45, 7) is 3.92. The number of hydrogen-bond acceptors (Lipinski definition) is 5.